The normalized spacial score (nSPS) is 14.9. The zero-order valence-electron chi connectivity index (χ0n) is 14.5. The molecule has 130 valence electrons. The first kappa shape index (κ1) is 21.6. The lowest BCUT2D eigenvalue weighted by molar-refractivity contribution is -0.156. The summed E-state index contributed by atoms with van der Waals surface area (Å²) in [5.74, 6) is 0.812. The van der Waals surface area contributed by atoms with Crippen LogP contribution in [0.4, 0.5) is 4.79 Å². The van der Waals surface area contributed by atoms with Crippen molar-refractivity contribution in [1.82, 2.24) is 5.32 Å². The molecule has 0 aliphatic heterocycles. The number of esters is 1. The zero-order valence-corrected chi connectivity index (χ0v) is 16.9. The molecule has 1 N–H and O–H groups in total. The molecule has 0 aliphatic carbocycles. The smallest absolute Gasteiger partial charge is 0.408 e. The third-order valence-electron chi connectivity index (χ3n) is 2.01. The second-order valence-corrected chi connectivity index (χ2v) is 9.69. The number of hydrogen-bond acceptors (Lipinski definition) is 5. The van der Waals surface area contributed by atoms with E-state index in [-0.39, 0.29) is 0 Å². The number of thioether (sulfide) groups is 1. The molecule has 0 heterocycles. The van der Waals surface area contributed by atoms with E-state index in [2.05, 4.69) is 21.2 Å². The van der Waals surface area contributed by atoms with E-state index < -0.39 is 29.3 Å². The molecule has 1 amide bonds. The van der Waals surface area contributed by atoms with Crippen molar-refractivity contribution in [2.45, 2.75) is 70.5 Å². The maximum absolute atomic E-state index is 12.2. The van der Waals surface area contributed by atoms with Crippen LogP contribution >= 0.6 is 27.7 Å². The second-order valence-electron chi connectivity index (χ2n) is 7.05. The summed E-state index contributed by atoms with van der Waals surface area (Å²) in [5, 5.41) is 2.60. The lowest BCUT2D eigenvalue weighted by atomic mass is 10.2. The lowest BCUT2D eigenvalue weighted by Crippen LogP contribution is -2.47. The second kappa shape index (κ2) is 9.01. The van der Waals surface area contributed by atoms with Gasteiger partial charge >= 0.3 is 12.1 Å². The van der Waals surface area contributed by atoms with Crippen molar-refractivity contribution in [3.8, 4) is 0 Å². The van der Waals surface area contributed by atoms with Gasteiger partial charge in [-0.25, -0.2) is 9.59 Å². The highest BCUT2D eigenvalue weighted by Gasteiger charge is 2.28. The van der Waals surface area contributed by atoms with Gasteiger partial charge in [-0.15, -0.1) is 0 Å². The molecule has 0 rings (SSSR count). The Morgan fingerprint density at radius 2 is 1.55 bits per heavy atom. The van der Waals surface area contributed by atoms with Crippen molar-refractivity contribution in [3.63, 3.8) is 0 Å². The van der Waals surface area contributed by atoms with Gasteiger partial charge in [-0.3, -0.25) is 0 Å². The van der Waals surface area contributed by atoms with E-state index in [4.69, 9.17) is 9.47 Å². The third-order valence-corrected chi connectivity index (χ3v) is 4.07. The first-order chi connectivity index (χ1) is 9.80. The predicted octanol–water partition coefficient (Wildman–Crippen LogP) is 3.74. The minimum Gasteiger partial charge on any atom is -0.458 e. The van der Waals surface area contributed by atoms with Gasteiger partial charge in [-0.1, -0.05) is 22.9 Å². The van der Waals surface area contributed by atoms with Crippen LogP contribution in [-0.4, -0.2) is 45.6 Å². The Morgan fingerprint density at radius 1 is 1.05 bits per heavy atom. The predicted molar refractivity (Wildman–Crippen MR) is 94.7 cm³/mol. The number of carbonyl (C=O) groups is 2. The Labute approximate surface area is 146 Å². The zero-order chi connectivity index (χ0) is 17.6. The fourth-order valence-corrected chi connectivity index (χ4v) is 2.82. The van der Waals surface area contributed by atoms with Gasteiger partial charge in [-0.2, -0.15) is 11.8 Å². The van der Waals surface area contributed by atoms with Crippen molar-refractivity contribution in [2.75, 3.05) is 11.5 Å². The monoisotopic (exact) mass is 397 g/mol. The molecule has 5 nitrogen and oxygen atoms in total. The van der Waals surface area contributed by atoms with Crippen molar-refractivity contribution >= 4 is 39.8 Å². The van der Waals surface area contributed by atoms with Gasteiger partial charge in [0, 0.05) is 16.3 Å². The van der Waals surface area contributed by atoms with Crippen LogP contribution in [0.1, 0.15) is 48.5 Å². The van der Waals surface area contributed by atoms with E-state index in [1.165, 1.54) is 0 Å². The fourth-order valence-electron chi connectivity index (χ4n) is 1.34. The van der Waals surface area contributed by atoms with Crippen LogP contribution in [0.5, 0.6) is 0 Å². The molecule has 0 aromatic heterocycles. The first-order valence-corrected chi connectivity index (χ1v) is 9.31. The number of hydrogen-bond donors (Lipinski definition) is 1. The number of nitrogens with one attached hydrogen (secondary N) is 1. The number of rotatable bonds is 6. The largest absolute Gasteiger partial charge is 0.458 e. The van der Waals surface area contributed by atoms with Gasteiger partial charge < -0.3 is 14.8 Å². The molecule has 0 saturated heterocycles. The quantitative estimate of drug-likeness (QED) is 0.546. The molecule has 2 atom stereocenters. The molecule has 0 unspecified atom stereocenters. The highest BCUT2D eigenvalue weighted by atomic mass is 79.9. The molecule has 7 heteroatoms. The number of amides is 1. The van der Waals surface area contributed by atoms with E-state index in [1.807, 2.05) is 6.92 Å². The highest BCUT2D eigenvalue weighted by Crippen LogP contribution is 2.15. The summed E-state index contributed by atoms with van der Waals surface area (Å²) in [5.41, 5.74) is -1.21. The molecule has 0 aliphatic rings. The lowest BCUT2D eigenvalue weighted by Gasteiger charge is -2.26. The molecule has 0 bridgehead atoms. The average Bonchev–Trinajstić information content (AvgIpc) is 2.21. The third kappa shape index (κ3) is 12.1. The molecule has 0 aromatic carbocycles. The van der Waals surface area contributed by atoms with Crippen LogP contribution in [0.25, 0.3) is 0 Å². The molecule has 0 saturated carbocycles. The summed E-state index contributed by atoms with van der Waals surface area (Å²) < 4.78 is 10.6. The fraction of sp³-hybridized carbons (Fsp3) is 0.867. The van der Waals surface area contributed by atoms with Crippen LogP contribution in [0.15, 0.2) is 0 Å². The Morgan fingerprint density at radius 3 is 1.95 bits per heavy atom. The Bertz CT molecular complexity index is 375. The topological polar surface area (TPSA) is 64.6 Å². The van der Waals surface area contributed by atoms with Gasteiger partial charge in [0.15, 0.2) is 0 Å². The van der Waals surface area contributed by atoms with Gasteiger partial charge in [0.2, 0.25) is 0 Å². The Balaban J connectivity index is 4.71. The van der Waals surface area contributed by atoms with Gasteiger partial charge in [0.1, 0.15) is 17.2 Å². The minimum atomic E-state index is -0.731. The van der Waals surface area contributed by atoms with Gasteiger partial charge in [0.05, 0.1) is 0 Å². The summed E-state index contributed by atoms with van der Waals surface area (Å²) >= 11 is 5.02. The van der Waals surface area contributed by atoms with Gasteiger partial charge in [0.25, 0.3) is 0 Å². The van der Waals surface area contributed by atoms with Crippen LogP contribution in [-0.2, 0) is 14.3 Å². The van der Waals surface area contributed by atoms with E-state index in [1.54, 1.807) is 53.3 Å². The summed E-state index contributed by atoms with van der Waals surface area (Å²) in [6.45, 7) is 12.7. The number of ether oxygens (including phenoxy) is 2. The van der Waals surface area contributed by atoms with E-state index >= 15 is 0 Å². The molecule has 0 fully saturated rings. The first-order valence-electron chi connectivity index (χ1n) is 7.24. The van der Waals surface area contributed by atoms with Crippen LogP contribution in [0, 0.1) is 0 Å². The number of alkyl carbamates (subject to hydrolysis) is 1. The summed E-state index contributed by atoms with van der Waals surface area (Å²) in [6.07, 6.45) is -0.615. The molecular formula is C15H28BrNO4S. The average molecular weight is 398 g/mol. The van der Waals surface area contributed by atoms with Crippen molar-refractivity contribution in [1.29, 1.82) is 0 Å². The minimum absolute atomic E-state index is 0.332. The Kier molecular flexibility index (Phi) is 8.83. The maximum atomic E-state index is 12.2. The molecule has 22 heavy (non-hydrogen) atoms. The Hall–Kier alpha value is -0.430. The van der Waals surface area contributed by atoms with Crippen molar-refractivity contribution in [2.24, 2.45) is 0 Å². The maximum Gasteiger partial charge on any atom is 0.408 e. The highest BCUT2D eigenvalue weighted by molar-refractivity contribution is 9.09. The summed E-state index contributed by atoms with van der Waals surface area (Å²) in [6, 6.07) is -0.731. The standard InChI is InChI=1S/C15H28BrNO4S/c1-10(16)8-22-9-11(12(18)20-14(2,3)4)17-13(19)21-15(5,6)7/h10-11H,8-9H2,1-7H3,(H,17,19)/t10-,11-/m0/s1. The number of alkyl halides is 1. The van der Waals surface area contributed by atoms with E-state index in [0.29, 0.717) is 10.6 Å². The van der Waals surface area contributed by atoms with Crippen molar-refractivity contribution < 1.29 is 19.1 Å². The van der Waals surface area contributed by atoms with Crippen LogP contribution in [0.2, 0.25) is 0 Å². The summed E-state index contributed by atoms with van der Waals surface area (Å²) in [7, 11) is 0. The molecule has 0 radical (unpaired) electrons. The molecular weight excluding hydrogens is 370 g/mol. The van der Waals surface area contributed by atoms with Crippen LogP contribution in [0.3, 0.4) is 0 Å². The van der Waals surface area contributed by atoms with E-state index in [0.717, 1.165) is 5.75 Å². The van der Waals surface area contributed by atoms with Crippen molar-refractivity contribution in [3.05, 3.63) is 0 Å². The molecule has 0 aromatic rings. The molecule has 0 spiro atoms. The number of halogens is 1. The summed E-state index contributed by atoms with van der Waals surface area (Å²) in [4.78, 5) is 24.4. The van der Waals surface area contributed by atoms with Gasteiger partial charge in [-0.05, 0) is 41.5 Å². The van der Waals surface area contributed by atoms with Crippen LogP contribution < -0.4 is 5.32 Å². The number of carbonyl (C=O) groups excluding carboxylic acids is 2. The SMILES string of the molecule is C[C@H](Br)CSC[C@H](NC(=O)OC(C)(C)C)C(=O)OC(C)(C)C. The van der Waals surface area contributed by atoms with E-state index in [9.17, 15) is 9.59 Å².